The first-order valence-electron chi connectivity index (χ1n) is 12.6. The predicted octanol–water partition coefficient (Wildman–Crippen LogP) is 5.71. The minimum absolute atomic E-state index is 0.214. The molecule has 0 radical (unpaired) electrons. The Labute approximate surface area is 223 Å². The number of esters is 1. The molecule has 1 amide bonds. The van der Waals surface area contributed by atoms with Crippen molar-refractivity contribution in [3.05, 3.63) is 95.7 Å². The lowest BCUT2D eigenvalue weighted by atomic mass is 10.0. The van der Waals surface area contributed by atoms with E-state index in [0.29, 0.717) is 24.6 Å². The Morgan fingerprint density at radius 3 is 2.24 bits per heavy atom. The van der Waals surface area contributed by atoms with Crippen LogP contribution in [0.25, 0.3) is 22.4 Å². The molecule has 4 aromatic rings. The Balaban J connectivity index is 1.40. The highest BCUT2D eigenvalue weighted by atomic mass is 16.6. The molecule has 0 saturated heterocycles. The highest BCUT2D eigenvalue weighted by molar-refractivity contribution is 5.93. The number of nitrogens with one attached hydrogen (secondary N) is 1. The van der Waals surface area contributed by atoms with Gasteiger partial charge in [-0.1, -0.05) is 66.7 Å². The van der Waals surface area contributed by atoms with Gasteiger partial charge >= 0.3 is 5.97 Å². The molecule has 0 fully saturated rings. The quantitative estimate of drug-likeness (QED) is 0.291. The molecule has 0 aliphatic carbocycles. The van der Waals surface area contributed by atoms with E-state index in [2.05, 4.69) is 34.7 Å². The molecule has 196 valence electrons. The van der Waals surface area contributed by atoms with Gasteiger partial charge in [-0.2, -0.15) is 5.10 Å². The van der Waals surface area contributed by atoms with E-state index >= 15 is 0 Å². The van der Waals surface area contributed by atoms with E-state index in [0.717, 1.165) is 33.5 Å². The van der Waals surface area contributed by atoms with Gasteiger partial charge in [0.05, 0.1) is 12.3 Å². The van der Waals surface area contributed by atoms with Crippen molar-refractivity contribution in [3.63, 3.8) is 0 Å². The summed E-state index contributed by atoms with van der Waals surface area (Å²) in [6, 6.07) is 25.7. The molecular formula is C31H33N3O4. The smallest absolute Gasteiger partial charge is 0.349 e. The first kappa shape index (κ1) is 26.7. The topological polar surface area (TPSA) is 82.4 Å². The van der Waals surface area contributed by atoms with Crippen LogP contribution in [0.5, 0.6) is 5.75 Å². The monoisotopic (exact) mass is 511 g/mol. The van der Waals surface area contributed by atoms with Crippen LogP contribution in [-0.4, -0.2) is 33.9 Å². The van der Waals surface area contributed by atoms with Crippen molar-refractivity contribution >= 4 is 11.9 Å². The van der Waals surface area contributed by atoms with E-state index in [-0.39, 0.29) is 5.91 Å². The van der Waals surface area contributed by atoms with Crippen molar-refractivity contribution in [2.45, 2.75) is 39.8 Å². The van der Waals surface area contributed by atoms with Gasteiger partial charge in [-0.05, 0) is 62.1 Å². The number of ether oxygens (including phenoxy) is 2. The maximum absolute atomic E-state index is 13.0. The molecule has 1 heterocycles. The third-order valence-electron chi connectivity index (χ3n) is 6.22. The van der Waals surface area contributed by atoms with Crippen LogP contribution >= 0.6 is 0 Å². The highest BCUT2D eigenvalue weighted by Gasteiger charge is 2.32. The lowest BCUT2D eigenvalue weighted by molar-refractivity contribution is -0.158. The summed E-state index contributed by atoms with van der Waals surface area (Å²) >= 11 is 0. The molecular weight excluding hydrogens is 478 g/mol. The second kappa shape index (κ2) is 11.3. The minimum Gasteiger partial charge on any atom is -0.476 e. The SMILES string of the molecule is CCOC(=O)C(C)(C)Oc1ccc(CNC(=O)c2cc(-c3ccc(-c4ccccc4)cc3)nn2C)cc1C. The first-order valence-corrected chi connectivity index (χ1v) is 12.6. The predicted molar refractivity (Wildman–Crippen MR) is 148 cm³/mol. The molecule has 7 heteroatoms. The number of rotatable bonds is 9. The molecule has 1 aromatic heterocycles. The largest absolute Gasteiger partial charge is 0.476 e. The Morgan fingerprint density at radius 1 is 0.921 bits per heavy atom. The van der Waals surface area contributed by atoms with E-state index in [4.69, 9.17) is 9.47 Å². The third-order valence-corrected chi connectivity index (χ3v) is 6.22. The van der Waals surface area contributed by atoms with Gasteiger partial charge in [-0.3, -0.25) is 9.48 Å². The fraction of sp³-hybridized carbons (Fsp3) is 0.258. The second-order valence-corrected chi connectivity index (χ2v) is 9.60. The molecule has 0 saturated carbocycles. The summed E-state index contributed by atoms with van der Waals surface area (Å²) in [5.41, 5.74) is 5.09. The van der Waals surface area contributed by atoms with Crippen LogP contribution in [0, 0.1) is 6.92 Å². The molecule has 3 aromatic carbocycles. The summed E-state index contributed by atoms with van der Waals surface area (Å²) in [4.78, 5) is 25.1. The zero-order valence-electron chi connectivity index (χ0n) is 22.4. The van der Waals surface area contributed by atoms with Crippen LogP contribution in [0.2, 0.25) is 0 Å². The molecule has 0 aliphatic heterocycles. The van der Waals surface area contributed by atoms with E-state index < -0.39 is 11.6 Å². The number of nitrogens with zero attached hydrogens (tertiary/aromatic N) is 2. The third kappa shape index (κ3) is 6.11. The summed E-state index contributed by atoms with van der Waals surface area (Å²) in [5, 5.41) is 7.51. The van der Waals surface area contributed by atoms with Crippen LogP contribution in [0.3, 0.4) is 0 Å². The van der Waals surface area contributed by atoms with Gasteiger partial charge in [0.15, 0.2) is 5.60 Å². The Hall–Kier alpha value is -4.39. The second-order valence-electron chi connectivity index (χ2n) is 9.60. The standard InChI is InChI=1S/C31H33N3O4/c1-6-37-30(36)31(3,4)38-28-17-12-22(18-21(28)2)20-32-29(35)27-19-26(33-34(27)5)25-15-13-24(14-16-25)23-10-8-7-9-11-23/h7-19H,6,20H2,1-5H3,(H,32,35). The van der Waals surface area contributed by atoms with Crippen LogP contribution in [-0.2, 0) is 23.1 Å². The molecule has 1 N–H and O–H groups in total. The number of benzene rings is 3. The number of hydrogen-bond donors (Lipinski definition) is 1. The van der Waals surface area contributed by atoms with Gasteiger partial charge in [-0.25, -0.2) is 4.79 Å². The number of aromatic nitrogens is 2. The fourth-order valence-corrected chi connectivity index (χ4v) is 4.12. The van der Waals surface area contributed by atoms with Crippen molar-refractivity contribution < 1.29 is 19.1 Å². The number of amides is 1. The van der Waals surface area contributed by atoms with E-state index in [1.807, 2.05) is 49.4 Å². The Kier molecular flexibility index (Phi) is 7.96. The highest BCUT2D eigenvalue weighted by Crippen LogP contribution is 2.26. The van der Waals surface area contributed by atoms with E-state index in [1.54, 1.807) is 44.6 Å². The van der Waals surface area contributed by atoms with Gasteiger partial charge in [0.2, 0.25) is 0 Å². The normalized spacial score (nSPS) is 11.2. The van der Waals surface area contributed by atoms with Crippen LogP contribution in [0.4, 0.5) is 0 Å². The molecule has 0 bridgehead atoms. The number of carbonyl (C=O) groups excluding carboxylic acids is 2. The average molecular weight is 512 g/mol. The molecule has 0 aliphatic rings. The number of carbonyl (C=O) groups is 2. The molecule has 0 unspecified atom stereocenters. The Morgan fingerprint density at radius 2 is 1.58 bits per heavy atom. The van der Waals surface area contributed by atoms with Crippen molar-refractivity contribution in [1.29, 1.82) is 0 Å². The summed E-state index contributed by atoms with van der Waals surface area (Å²) in [7, 11) is 1.76. The molecule has 4 rings (SSSR count). The zero-order chi connectivity index (χ0) is 27.3. The molecule has 0 spiro atoms. The maximum atomic E-state index is 13.0. The van der Waals surface area contributed by atoms with E-state index in [1.165, 1.54) is 0 Å². The van der Waals surface area contributed by atoms with Gasteiger partial charge in [-0.15, -0.1) is 0 Å². The van der Waals surface area contributed by atoms with Crippen molar-refractivity contribution in [3.8, 4) is 28.1 Å². The van der Waals surface area contributed by atoms with Gasteiger partial charge in [0.25, 0.3) is 5.91 Å². The summed E-state index contributed by atoms with van der Waals surface area (Å²) in [5.74, 6) is -0.0420. The van der Waals surface area contributed by atoms with Crippen molar-refractivity contribution in [2.75, 3.05) is 6.61 Å². The first-order chi connectivity index (χ1) is 18.2. The Bertz CT molecular complexity index is 1420. The molecule has 7 nitrogen and oxygen atoms in total. The van der Waals surface area contributed by atoms with Crippen LogP contribution in [0.1, 0.15) is 42.4 Å². The van der Waals surface area contributed by atoms with Crippen molar-refractivity contribution in [2.24, 2.45) is 7.05 Å². The summed E-state index contributed by atoms with van der Waals surface area (Å²) < 4.78 is 12.6. The maximum Gasteiger partial charge on any atom is 0.349 e. The minimum atomic E-state index is -1.10. The lowest BCUT2D eigenvalue weighted by Gasteiger charge is -2.25. The van der Waals surface area contributed by atoms with E-state index in [9.17, 15) is 9.59 Å². The van der Waals surface area contributed by atoms with Gasteiger partial charge < -0.3 is 14.8 Å². The van der Waals surface area contributed by atoms with Crippen LogP contribution in [0.15, 0.2) is 78.9 Å². The summed E-state index contributed by atoms with van der Waals surface area (Å²) in [6.45, 7) is 7.66. The van der Waals surface area contributed by atoms with Gasteiger partial charge in [0.1, 0.15) is 11.4 Å². The number of hydrogen-bond acceptors (Lipinski definition) is 5. The summed E-state index contributed by atoms with van der Waals surface area (Å²) in [6.07, 6.45) is 0. The number of aryl methyl sites for hydroxylation is 2. The zero-order valence-corrected chi connectivity index (χ0v) is 22.4. The average Bonchev–Trinajstić information content (AvgIpc) is 3.31. The van der Waals surface area contributed by atoms with Crippen LogP contribution < -0.4 is 10.1 Å². The fourth-order valence-electron chi connectivity index (χ4n) is 4.12. The van der Waals surface area contributed by atoms with Crippen molar-refractivity contribution in [1.82, 2.24) is 15.1 Å². The lowest BCUT2D eigenvalue weighted by Crippen LogP contribution is -2.39. The molecule has 0 atom stereocenters. The molecule has 38 heavy (non-hydrogen) atoms. The van der Waals surface area contributed by atoms with Gasteiger partial charge in [0, 0.05) is 19.2 Å².